The molecule has 17 heavy (non-hydrogen) atoms. The number of nitrogens with zero attached hydrogens (tertiary/aromatic N) is 1. The van der Waals surface area contributed by atoms with E-state index in [2.05, 4.69) is 25.8 Å². The molecule has 0 rings (SSSR count). The first-order chi connectivity index (χ1) is 8.26. The van der Waals surface area contributed by atoms with E-state index in [9.17, 15) is 5.11 Å². The normalized spacial score (nSPS) is 13.2. The van der Waals surface area contributed by atoms with Crippen molar-refractivity contribution in [1.82, 2.24) is 4.90 Å². The highest BCUT2D eigenvalue weighted by Crippen LogP contribution is 2.12. The van der Waals surface area contributed by atoms with Gasteiger partial charge in [0.25, 0.3) is 0 Å². The number of unbranched alkanes of at least 4 members (excludes halogenated alkanes) is 6. The third-order valence-electron chi connectivity index (χ3n) is 3.55. The van der Waals surface area contributed by atoms with Crippen LogP contribution in [0.5, 0.6) is 0 Å². The van der Waals surface area contributed by atoms with Crippen molar-refractivity contribution in [2.24, 2.45) is 0 Å². The minimum absolute atomic E-state index is 0.312. The zero-order valence-corrected chi connectivity index (χ0v) is 12.2. The summed E-state index contributed by atoms with van der Waals surface area (Å²) < 4.78 is 0. The molecule has 2 heteroatoms. The van der Waals surface area contributed by atoms with E-state index in [-0.39, 0.29) is 0 Å². The van der Waals surface area contributed by atoms with Gasteiger partial charge in [-0.2, -0.15) is 0 Å². The summed E-state index contributed by atoms with van der Waals surface area (Å²) in [6.07, 6.45) is 11.8. The van der Waals surface area contributed by atoms with Crippen LogP contribution in [0.3, 0.4) is 0 Å². The summed E-state index contributed by atoms with van der Waals surface area (Å²) in [4.78, 5) is 2.30. The molecule has 1 unspecified atom stereocenters. The second kappa shape index (κ2) is 12.4. The molecule has 0 bridgehead atoms. The van der Waals surface area contributed by atoms with Crippen LogP contribution in [-0.2, 0) is 0 Å². The molecule has 1 N–H and O–H groups in total. The molecule has 0 amide bonds. The molecule has 0 fully saturated rings. The lowest BCUT2D eigenvalue weighted by Crippen LogP contribution is -2.35. The number of hydrogen-bond donors (Lipinski definition) is 1. The summed E-state index contributed by atoms with van der Waals surface area (Å²) in [6.45, 7) is 5.86. The molecule has 0 aromatic carbocycles. The predicted octanol–water partition coefficient (Wildman–Crippen LogP) is 3.83. The largest absolute Gasteiger partial charge is 0.395 e. The topological polar surface area (TPSA) is 23.5 Å². The van der Waals surface area contributed by atoms with Gasteiger partial charge in [-0.3, -0.25) is 0 Å². The minimum Gasteiger partial charge on any atom is -0.395 e. The van der Waals surface area contributed by atoms with Crippen LogP contribution < -0.4 is 0 Å². The maximum Gasteiger partial charge on any atom is 0.0586 e. The van der Waals surface area contributed by atoms with Gasteiger partial charge in [0.05, 0.1) is 6.61 Å². The molecule has 0 aliphatic carbocycles. The van der Waals surface area contributed by atoms with Gasteiger partial charge >= 0.3 is 0 Å². The first-order valence-corrected chi connectivity index (χ1v) is 7.57. The molecule has 2 nitrogen and oxygen atoms in total. The highest BCUT2D eigenvalue weighted by Gasteiger charge is 2.11. The highest BCUT2D eigenvalue weighted by molar-refractivity contribution is 4.67. The third kappa shape index (κ3) is 9.61. The summed E-state index contributed by atoms with van der Waals surface area (Å²) in [5, 5.41) is 9.35. The van der Waals surface area contributed by atoms with Gasteiger partial charge in [-0.25, -0.2) is 0 Å². The summed E-state index contributed by atoms with van der Waals surface area (Å²) in [7, 11) is 2.13. The zero-order valence-electron chi connectivity index (χ0n) is 12.2. The van der Waals surface area contributed by atoms with Crippen molar-refractivity contribution in [2.75, 3.05) is 20.2 Å². The van der Waals surface area contributed by atoms with Crippen molar-refractivity contribution >= 4 is 0 Å². The molecule has 0 radical (unpaired) electrons. The van der Waals surface area contributed by atoms with E-state index in [1.165, 1.54) is 51.4 Å². The van der Waals surface area contributed by atoms with E-state index in [1.54, 1.807) is 0 Å². The molecule has 0 saturated heterocycles. The van der Waals surface area contributed by atoms with Crippen molar-refractivity contribution in [1.29, 1.82) is 0 Å². The monoisotopic (exact) mass is 243 g/mol. The Morgan fingerprint density at radius 3 is 2.00 bits per heavy atom. The maximum absolute atomic E-state index is 9.35. The quantitative estimate of drug-likeness (QED) is 0.527. The van der Waals surface area contributed by atoms with Gasteiger partial charge in [-0.05, 0) is 26.4 Å². The second-order valence-corrected chi connectivity index (χ2v) is 5.23. The van der Waals surface area contributed by atoms with Gasteiger partial charge in [0, 0.05) is 6.04 Å². The fraction of sp³-hybridized carbons (Fsp3) is 1.00. The molecule has 0 aromatic heterocycles. The Balaban J connectivity index is 3.43. The van der Waals surface area contributed by atoms with Crippen molar-refractivity contribution in [3.63, 3.8) is 0 Å². The van der Waals surface area contributed by atoms with Crippen LogP contribution in [0.1, 0.15) is 71.6 Å². The number of aliphatic hydroxyl groups is 1. The minimum atomic E-state index is 0.312. The molecule has 0 spiro atoms. The number of rotatable bonds is 12. The smallest absolute Gasteiger partial charge is 0.0586 e. The first kappa shape index (κ1) is 16.9. The molecule has 1 atom stereocenters. The summed E-state index contributed by atoms with van der Waals surface area (Å²) >= 11 is 0. The van der Waals surface area contributed by atoms with Crippen LogP contribution in [0.15, 0.2) is 0 Å². The number of hydrogen-bond acceptors (Lipinski definition) is 2. The molecular weight excluding hydrogens is 210 g/mol. The Morgan fingerprint density at radius 2 is 1.47 bits per heavy atom. The van der Waals surface area contributed by atoms with Gasteiger partial charge in [-0.1, -0.05) is 58.8 Å². The van der Waals surface area contributed by atoms with E-state index in [0.29, 0.717) is 12.6 Å². The summed E-state index contributed by atoms with van der Waals surface area (Å²) in [6, 6.07) is 0.380. The maximum atomic E-state index is 9.35. The van der Waals surface area contributed by atoms with Crippen LogP contribution in [0.4, 0.5) is 0 Å². The Bertz CT molecular complexity index is 150. The lowest BCUT2D eigenvalue weighted by atomic mass is 10.0. The SMILES string of the molecule is CCCCCCCCCC(CO)N(C)CCC. The van der Waals surface area contributed by atoms with Gasteiger partial charge < -0.3 is 10.0 Å². The van der Waals surface area contributed by atoms with Crippen molar-refractivity contribution < 1.29 is 5.11 Å². The lowest BCUT2D eigenvalue weighted by Gasteiger charge is -2.25. The van der Waals surface area contributed by atoms with E-state index in [4.69, 9.17) is 0 Å². The Kier molecular flexibility index (Phi) is 12.3. The first-order valence-electron chi connectivity index (χ1n) is 7.57. The van der Waals surface area contributed by atoms with Crippen molar-refractivity contribution in [3.8, 4) is 0 Å². The van der Waals surface area contributed by atoms with E-state index >= 15 is 0 Å². The summed E-state index contributed by atoms with van der Waals surface area (Å²) in [5.74, 6) is 0. The van der Waals surface area contributed by atoms with Crippen molar-refractivity contribution in [2.45, 2.75) is 77.7 Å². The Hall–Kier alpha value is -0.0800. The third-order valence-corrected chi connectivity index (χ3v) is 3.55. The molecule has 0 saturated carbocycles. The fourth-order valence-corrected chi connectivity index (χ4v) is 2.32. The van der Waals surface area contributed by atoms with Crippen LogP contribution in [0, 0.1) is 0 Å². The van der Waals surface area contributed by atoms with Crippen molar-refractivity contribution in [3.05, 3.63) is 0 Å². The average Bonchev–Trinajstić information content (AvgIpc) is 2.33. The summed E-state index contributed by atoms with van der Waals surface area (Å²) in [5.41, 5.74) is 0. The van der Waals surface area contributed by atoms with Gasteiger partial charge in [-0.15, -0.1) is 0 Å². The van der Waals surface area contributed by atoms with Crippen LogP contribution in [0.2, 0.25) is 0 Å². The average molecular weight is 243 g/mol. The van der Waals surface area contributed by atoms with Gasteiger partial charge in [0.15, 0.2) is 0 Å². The molecule has 0 heterocycles. The lowest BCUT2D eigenvalue weighted by molar-refractivity contribution is 0.137. The van der Waals surface area contributed by atoms with E-state index in [1.807, 2.05) is 0 Å². The van der Waals surface area contributed by atoms with Gasteiger partial charge in [0.2, 0.25) is 0 Å². The zero-order chi connectivity index (χ0) is 12.9. The Labute approximate surface area is 108 Å². The second-order valence-electron chi connectivity index (χ2n) is 5.23. The highest BCUT2D eigenvalue weighted by atomic mass is 16.3. The molecular formula is C15H33NO. The van der Waals surface area contributed by atoms with E-state index < -0.39 is 0 Å². The van der Waals surface area contributed by atoms with E-state index in [0.717, 1.165) is 13.0 Å². The van der Waals surface area contributed by atoms with Crippen LogP contribution >= 0.6 is 0 Å². The van der Waals surface area contributed by atoms with Crippen LogP contribution in [-0.4, -0.2) is 36.2 Å². The number of likely N-dealkylation sites (N-methyl/N-ethyl adjacent to an activating group) is 1. The molecule has 0 aliphatic heterocycles. The molecule has 0 aliphatic rings. The van der Waals surface area contributed by atoms with Gasteiger partial charge in [0.1, 0.15) is 0 Å². The molecule has 0 aromatic rings. The fourth-order valence-electron chi connectivity index (χ4n) is 2.32. The number of aliphatic hydroxyl groups excluding tert-OH is 1. The Morgan fingerprint density at radius 1 is 0.882 bits per heavy atom. The predicted molar refractivity (Wildman–Crippen MR) is 76.4 cm³/mol. The molecule has 104 valence electrons. The van der Waals surface area contributed by atoms with Crippen LogP contribution in [0.25, 0.3) is 0 Å². The standard InChI is InChI=1S/C15H33NO/c1-4-6-7-8-9-10-11-12-15(14-17)16(3)13-5-2/h15,17H,4-14H2,1-3H3.